The Balaban J connectivity index is 1.91. The van der Waals surface area contributed by atoms with Crippen LogP contribution in [0.25, 0.3) is 0 Å². The molecule has 4 heteroatoms. The number of benzene rings is 1. The summed E-state index contributed by atoms with van der Waals surface area (Å²) in [5, 5.41) is 12.2. The topological polar surface area (TPSA) is 49.3 Å². The van der Waals surface area contributed by atoms with Gasteiger partial charge in [0.2, 0.25) is 0 Å². The van der Waals surface area contributed by atoms with Gasteiger partial charge in [-0.05, 0) is 48.5 Å². The van der Waals surface area contributed by atoms with Crippen molar-refractivity contribution in [2.45, 2.75) is 31.7 Å². The van der Waals surface area contributed by atoms with E-state index in [2.05, 4.69) is 17.4 Å². The molecule has 0 atom stereocenters. The molecule has 1 heterocycles. The van der Waals surface area contributed by atoms with Crippen molar-refractivity contribution in [2.75, 3.05) is 16.8 Å². The van der Waals surface area contributed by atoms with Crippen molar-refractivity contribution in [2.24, 2.45) is 0 Å². The number of nitrogens with one attached hydrogen (secondary N) is 1. The number of anilines is 1. The third-order valence-corrected chi connectivity index (χ3v) is 4.20. The lowest BCUT2D eigenvalue weighted by molar-refractivity contribution is -0.136. The first-order valence-electron chi connectivity index (χ1n) is 6.39. The SMILES string of the molecule is O=C(O)CCc1cccc(NC2CCSCC2)c1. The lowest BCUT2D eigenvalue weighted by Crippen LogP contribution is -2.24. The summed E-state index contributed by atoms with van der Waals surface area (Å²) in [4.78, 5) is 10.6. The van der Waals surface area contributed by atoms with Gasteiger partial charge in [0.05, 0.1) is 0 Å². The summed E-state index contributed by atoms with van der Waals surface area (Å²) in [6.45, 7) is 0. The highest BCUT2D eigenvalue weighted by Gasteiger charge is 2.13. The third-order valence-electron chi connectivity index (χ3n) is 3.15. The van der Waals surface area contributed by atoms with E-state index in [-0.39, 0.29) is 6.42 Å². The summed E-state index contributed by atoms with van der Waals surface area (Å²) in [7, 11) is 0. The highest BCUT2D eigenvalue weighted by Crippen LogP contribution is 2.21. The summed E-state index contributed by atoms with van der Waals surface area (Å²) >= 11 is 2.02. The van der Waals surface area contributed by atoms with Gasteiger partial charge in [0, 0.05) is 18.2 Å². The van der Waals surface area contributed by atoms with Crippen LogP contribution in [0.4, 0.5) is 5.69 Å². The zero-order valence-corrected chi connectivity index (χ0v) is 11.2. The molecule has 0 radical (unpaired) electrons. The standard InChI is InChI=1S/C14H19NO2S/c16-14(17)5-4-11-2-1-3-13(10-11)15-12-6-8-18-9-7-12/h1-3,10,12,15H,4-9H2,(H,16,17). The van der Waals surface area contributed by atoms with Crippen LogP contribution >= 0.6 is 11.8 Å². The molecule has 1 aliphatic rings. The normalized spacial score (nSPS) is 16.4. The van der Waals surface area contributed by atoms with Crippen LogP contribution in [0.5, 0.6) is 0 Å². The zero-order valence-electron chi connectivity index (χ0n) is 10.4. The van der Waals surface area contributed by atoms with E-state index in [1.54, 1.807) is 0 Å². The maximum Gasteiger partial charge on any atom is 0.303 e. The molecule has 18 heavy (non-hydrogen) atoms. The van der Waals surface area contributed by atoms with Gasteiger partial charge in [-0.3, -0.25) is 4.79 Å². The van der Waals surface area contributed by atoms with Crippen molar-refractivity contribution < 1.29 is 9.90 Å². The maximum absolute atomic E-state index is 10.6. The molecule has 0 unspecified atom stereocenters. The van der Waals surface area contributed by atoms with E-state index in [1.165, 1.54) is 24.3 Å². The van der Waals surface area contributed by atoms with E-state index in [4.69, 9.17) is 5.11 Å². The average molecular weight is 265 g/mol. The Hall–Kier alpha value is -1.16. The molecule has 0 bridgehead atoms. The molecule has 0 aromatic heterocycles. The molecule has 0 amide bonds. The lowest BCUT2D eigenvalue weighted by atomic mass is 10.1. The molecule has 3 nitrogen and oxygen atoms in total. The van der Waals surface area contributed by atoms with Crippen molar-refractivity contribution in [3.05, 3.63) is 29.8 Å². The first-order chi connectivity index (χ1) is 8.74. The van der Waals surface area contributed by atoms with Crippen LogP contribution in [0.2, 0.25) is 0 Å². The monoisotopic (exact) mass is 265 g/mol. The van der Waals surface area contributed by atoms with E-state index in [9.17, 15) is 4.79 Å². The highest BCUT2D eigenvalue weighted by atomic mass is 32.2. The number of hydrogen-bond donors (Lipinski definition) is 2. The molecule has 2 rings (SSSR count). The van der Waals surface area contributed by atoms with Crippen molar-refractivity contribution in [1.82, 2.24) is 0 Å². The lowest BCUT2D eigenvalue weighted by Gasteiger charge is -2.23. The molecular formula is C14H19NO2S. The molecule has 0 spiro atoms. The fraction of sp³-hybridized carbons (Fsp3) is 0.500. The van der Waals surface area contributed by atoms with Gasteiger partial charge in [-0.15, -0.1) is 0 Å². The largest absolute Gasteiger partial charge is 0.481 e. The van der Waals surface area contributed by atoms with Crippen molar-refractivity contribution in [1.29, 1.82) is 0 Å². The number of carbonyl (C=O) groups is 1. The van der Waals surface area contributed by atoms with Crippen LogP contribution in [0.1, 0.15) is 24.8 Å². The molecule has 1 aromatic carbocycles. The smallest absolute Gasteiger partial charge is 0.303 e. The van der Waals surface area contributed by atoms with Crippen molar-refractivity contribution >= 4 is 23.4 Å². The van der Waals surface area contributed by atoms with Crippen LogP contribution in [0.15, 0.2) is 24.3 Å². The van der Waals surface area contributed by atoms with Crippen LogP contribution in [-0.2, 0) is 11.2 Å². The van der Waals surface area contributed by atoms with Crippen LogP contribution in [0, 0.1) is 0 Å². The molecule has 1 fully saturated rings. The number of rotatable bonds is 5. The van der Waals surface area contributed by atoms with Gasteiger partial charge in [0.25, 0.3) is 0 Å². The van der Waals surface area contributed by atoms with E-state index in [1.807, 2.05) is 23.9 Å². The minimum atomic E-state index is -0.738. The van der Waals surface area contributed by atoms with Crippen LogP contribution in [0.3, 0.4) is 0 Å². The van der Waals surface area contributed by atoms with Crippen molar-refractivity contribution in [3.63, 3.8) is 0 Å². The van der Waals surface area contributed by atoms with Gasteiger partial charge in [0.15, 0.2) is 0 Å². The Morgan fingerprint density at radius 3 is 2.89 bits per heavy atom. The summed E-state index contributed by atoms with van der Waals surface area (Å²) in [6.07, 6.45) is 3.23. The molecular weight excluding hydrogens is 246 g/mol. The fourth-order valence-electron chi connectivity index (χ4n) is 2.15. The molecule has 2 N–H and O–H groups in total. The number of aryl methyl sites for hydroxylation is 1. The number of thioether (sulfide) groups is 1. The number of carboxylic acids is 1. The summed E-state index contributed by atoms with van der Waals surface area (Å²) in [5.74, 6) is 1.73. The Kier molecular flexibility index (Phi) is 4.93. The zero-order chi connectivity index (χ0) is 12.8. The third kappa shape index (κ3) is 4.26. The predicted octanol–water partition coefficient (Wildman–Crippen LogP) is 3.01. The summed E-state index contributed by atoms with van der Waals surface area (Å²) in [5.41, 5.74) is 2.21. The second-order valence-electron chi connectivity index (χ2n) is 4.63. The maximum atomic E-state index is 10.6. The molecule has 1 aliphatic heterocycles. The fourth-order valence-corrected chi connectivity index (χ4v) is 3.25. The average Bonchev–Trinajstić information content (AvgIpc) is 2.38. The molecule has 0 saturated carbocycles. The van der Waals surface area contributed by atoms with Gasteiger partial charge in [0.1, 0.15) is 0 Å². The number of hydrogen-bond acceptors (Lipinski definition) is 3. The first-order valence-corrected chi connectivity index (χ1v) is 7.54. The second kappa shape index (κ2) is 6.69. The van der Waals surface area contributed by atoms with Gasteiger partial charge in [-0.1, -0.05) is 12.1 Å². The summed E-state index contributed by atoms with van der Waals surface area (Å²) in [6, 6.07) is 8.69. The molecule has 1 aromatic rings. The molecule has 1 saturated heterocycles. The highest BCUT2D eigenvalue weighted by molar-refractivity contribution is 7.99. The van der Waals surface area contributed by atoms with E-state index < -0.39 is 5.97 Å². The van der Waals surface area contributed by atoms with E-state index >= 15 is 0 Å². The molecule has 0 aliphatic carbocycles. The number of aliphatic carboxylic acids is 1. The molecule has 98 valence electrons. The summed E-state index contributed by atoms with van der Waals surface area (Å²) < 4.78 is 0. The van der Waals surface area contributed by atoms with Gasteiger partial charge >= 0.3 is 5.97 Å². The minimum Gasteiger partial charge on any atom is -0.481 e. The minimum absolute atomic E-state index is 0.198. The van der Waals surface area contributed by atoms with E-state index in [0.29, 0.717) is 12.5 Å². The quantitative estimate of drug-likeness (QED) is 0.859. The Morgan fingerprint density at radius 1 is 1.39 bits per heavy atom. The van der Waals surface area contributed by atoms with E-state index in [0.717, 1.165) is 11.3 Å². The van der Waals surface area contributed by atoms with Gasteiger partial charge in [-0.25, -0.2) is 0 Å². The van der Waals surface area contributed by atoms with Gasteiger partial charge < -0.3 is 10.4 Å². The van der Waals surface area contributed by atoms with Gasteiger partial charge in [-0.2, -0.15) is 11.8 Å². The Bertz CT molecular complexity index is 403. The second-order valence-corrected chi connectivity index (χ2v) is 5.85. The number of carboxylic acid groups (broad SMARTS) is 1. The van der Waals surface area contributed by atoms with Crippen LogP contribution < -0.4 is 5.32 Å². The predicted molar refractivity (Wildman–Crippen MR) is 76.4 cm³/mol. The Labute approximate surface area is 112 Å². The van der Waals surface area contributed by atoms with Crippen LogP contribution in [-0.4, -0.2) is 28.6 Å². The Morgan fingerprint density at radius 2 is 2.17 bits per heavy atom. The first kappa shape index (κ1) is 13.3. The van der Waals surface area contributed by atoms with Crippen molar-refractivity contribution in [3.8, 4) is 0 Å².